The first kappa shape index (κ1) is 14.0. The lowest BCUT2D eigenvalue weighted by molar-refractivity contribution is 0.0974. The maximum Gasteiger partial charge on any atom is 0.304 e. The molecule has 2 aromatic heterocycles. The number of anilines is 1. The molecule has 0 fully saturated rings. The fourth-order valence-corrected chi connectivity index (χ4v) is 2.05. The largest absolute Gasteiger partial charge is 0.432 e. The molecule has 3 aromatic rings. The van der Waals surface area contributed by atoms with E-state index in [4.69, 9.17) is 4.42 Å². The van der Waals surface area contributed by atoms with Crippen LogP contribution in [-0.2, 0) is 6.54 Å². The molecule has 0 spiro atoms. The van der Waals surface area contributed by atoms with E-state index in [2.05, 4.69) is 15.2 Å². The van der Waals surface area contributed by atoms with Crippen molar-refractivity contribution < 1.29 is 13.6 Å². The van der Waals surface area contributed by atoms with E-state index >= 15 is 0 Å². The van der Waals surface area contributed by atoms with Gasteiger partial charge in [-0.1, -0.05) is 18.2 Å². The summed E-state index contributed by atoms with van der Waals surface area (Å²) in [5, 5.41) is 6.57. The monoisotopic (exact) mass is 300 g/mol. The lowest BCUT2D eigenvalue weighted by Gasteiger charge is -2.18. The number of carbonyl (C=O) groups excluding carboxylic acids is 1. The molecule has 0 unspecified atom stereocenters. The van der Waals surface area contributed by atoms with E-state index in [9.17, 15) is 9.18 Å². The molecule has 6 nitrogen and oxygen atoms in total. The summed E-state index contributed by atoms with van der Waals surface area (Å²) in [6.45, 7) is 1.77. The number of hydrogen-bond donors (Lipinski definition) is 1. The van der Waals surface area contributed by atoms with E-state index in [0.717, 1.165) is 0 Å². The van der Waals surface area contributed by atoms with E-state index in [1.807, 2.05) is 0 Å². The molecule has 1 aromatic carbocycles. The lowest BCUT2D eigenvalue weighted by atomic mass is 10.2. The molecule has 0 aliphatic rings. The minimum atomic E-state index is -0.397. The van der Waals surface area contributed by atoms with E-state index in [1.54, 1.807) is 31.2 Å². The fraction of sp³-hybridized carbons (Fsp3) is 0.133. The topological polar surface area (TPSA) is 75.0 Å². The molecule has 3 rings (SSSR count). The first-order chi connectivity index (χ1) is 10.6. The number of aromatic nitrogens is 3. The molecule has 0 atom stereocenters. The summed E-state index contributed by atoms with van der Waals surface area (Å²) in [4.78, 5) is 17.8. The van der Waals surface area contributed by atoms with E-state index in [-0.39, 0.29) is 18.3 Å². The highest BCUT2D eigenvalue weighted by Crippen LogP contribution is 2.19. The summed E-state index contributed by atoms with van der Waals surface area (Å²) in [7, 11) is 0. The van der Waals surface area contributed by atoms with Crippen LogP contribution in [0, 0.1) is 12.7 Å². The highest BCUT2D eigenvalue weighted by molar-refractivity contribution is 6.03. The minimum absolute atomic E-state index is 0.00406. The average Bonchev–Trinajstić information content (AvgIpc) is 3.17. The van der Waals surface area contributed by atoms with Crippen molar-refractivity contribution in [3.8, 4) is 0 Å². The highest BCUT2D eigenvalue weighted by atomic mass is 19.1. The van der Waals surface area contributed by atoms with Gasteiger partial charge in [-0.05, 0) is 19.1 Å². The quantitative estimate of drug-likeness (QED) is 0.804. The predicted octanol–water partition coefficient (Wildman–Crippen LogP) is 2.69. The average molecular weight is 300 g/mol. The molecule has 0 saturated carbocycles. The molecular formula is C15H13FN4O2. The zero-order valence-electron chi connectivity index (χ0n) is 11.8. The molecule has 7 heteroatoms. The van der Waals surface area contributed by atoms with Crippen LogP contribution in [0.2, 0.25) is 0 Å². The number of hydrogen-bond acceptors (Lipinski definition) is 4. The van der Waals surface area contributed by atoms with Crippen LogP contribution in [0.3, 0.4) is 0 Å². The Kier molecular flexibility index (Phi) is 3.69. The van der Waals surface area contributed by atoms with Crippen molar-refractivity contribution in [1.82, 2.24) is 15.2 Å². The summed E-state index contributed by atoms with van der Waals surface area (Å²) >= 11 is 0. The molecule has 2 heterocycles. The number of H-pyrrole nitrogens is 1. The number of benzene rings is 1. The Morgan fingerprint density at radius 3 is 2.86 bits per heavy atom. The smallest absolute Gasteiger partial charge is 0.304 e. The zero-order valence-corrected chi connectivity index (χ0v) is 11.8. The SMILES string of the molecule is Cc1cc(C(=O)N(Cc2ccccc2F)c2ncco2)[nH]n1. The van der Waals surface area contributed by atoms with Gasteiger partial charge in [0.15, 0.2) is 0 Å². The summed E-state index contributed by atoms with van der Waals surface area (Å²) in [5.41, 5.74) is 1.33. The van der Waals surface area contributed by atoms with Crippen molar-refractivity contribution >= 4 is 11.9 Å². The Morgan fingerprint density at radius 2 is 2.23 bits per heavy atom. The third-order valence-corrected chi connectivity index (χ3v) is 3.12. The van der Waals surface area contributed by atoms with Crippen LogP contribution in [-0.4, -0.2) is 21.1 Å². The number of carbonyl (C=O) groups is 1. The summed E-state index contributed by atoms with van der Waals surface area (Å²) in [5.74, 6) is -0.793. The van der Waals surface area contributed by atoms with Gasteiger partial charge in [-0.25, -0.2) is 9.37 Å². The number of halogens is 1. The lowest BCUT2D eigenvalue weighted by Crippen LogP contribution is -2.31. The van der Waals surface area contributed by atoms with Gasteiger partial charge in [0.2, 0.25) is 0 Å². The Balaban J connectivity index is 1.94. The van der Waals surface area contributed by atoms with E-state index in [0.29, 0.717) is 11.3 Å². The van der Waals surface area contributed by atoms with Crippen LogP contribution < -0.4 is 4.90 Å². The van der Waals surface area contributed by atoms with Crippen LogP contribution >= 0.6 is 0 Å². The van der Waals surface area contributed by atoms with Gasteiger partial charge in [0, 0.05) is 5.56 Å². The maximum atomic E-state index is 13.9. The number of rotatable bonds is 4. The Morgan fingerprint density at radius 1 is 1.41 bits per heavy atom. The number of aryl methyl sites for hydroxylation is 1. The fourth-order valence-electron chi connectivity index (χ4n) is 2.05. The van der Waals surface area contributed by atoms with Gasteiger partial charge >= 0.3 is 6.01 Å². The van der Waals surface area contributed by atoms with Crippen LogP contribution in [0.15, 0.2) is 47.2 Å². The highest BCUT2D eigenvalue weighted by Gasteiger charge is 2.24. The van der Waals surface area contributed by atoms with Crippen molar-refractivity contribution in [3.63, 3.8) is 0 Å². The van der Waals surface area contributed by atoms with Crippen LogP contribution in [0.5, 0.6) is 0 Å². The summed E-state index contributed by atoms with van der Waals surface area (Å²) in [6, 6.07) is 7.95. The second kappa shape index (κ2) is 5.80. The zero-order chi connectivity index (χ0) is 15.5. The van der Waals surface area contributed by atoms with Gasteiger partial charge in [0.1, 0.15) is 17.8 Å². The van der Waals surface area contributed by atoms with Crippen molar-refractivity contribution in [2.24, 2.45) is 0 Å². The van der Waals surface area contributed by atoms with Crippen molar-refractivity contribution in [2.75, 3.05) is 4.90 Å². The molecule has 1 amide bonds. The summed E-state index contributed by atoms with van der Waals surface area (Å²) < 4.78 is 19.0. The maximum absolute atomic E-state index is 13.9. The second-order valence-electron chi connectivity index (χ2n) is 4.72. The standard InChI is InChI=1S/C15H13FN4O2/c1-10-8-13(19-18-10)14(21)20(15-17-6-7-22-15)9-11-4-2-3-5-12(11)16/h2-8H,9H2,1H3,(H,18,19). The second-order valence-corrected chi connectivity index (χ2v) is 4.72. The van der Waals surface area contributed by atoms with Crippen LogP contribution in [0.25, 0.3) is 0 Å². The molecule has 0 saturated heterocycles. The third kappa shape index (κ3) is 2.73. The number of aromatic amines is 1. The van der Waals surface area contributed by atoms with Crippen LogP contribution in [0.4, 0.5) is 10.4 Å². The van der Waals surface area contributed by atoms with Gasteiger partial charge in [-0.15, -0.1) is 0 Å². The predicted molar refractivity (Wildman–Crippen MR) is 76.7 cm³/mol. The molecule has 112 valence electrons. The number of amides is 1. The number of oxazole rings is 1. The number of nitrogens with zero attached hydrogens (tertiary/aromatic N) is 3. The Labute approximate surface area is 125 Å². The normalized spacial score (nSPS) is 10.6. The van der Waals surface area contributed by atoms with E-state index < -0.39 is 11.7 Å². The molecule has 0 aliphatic heterocycles. The van der Waals surface area contributed by atoms with Crippen molar-refractivity contribution in [2.45, 2.75) is 13.5 Å². The first-order valence-electron chi connectivity index (χ1n) is 6.62. The van der Waals surface area contributed by atoms with Gasteiger partial charge < -0.3 is 4.42 Å². The van der Waals surface area contributed by atoms with Crippen LogP contribution in [0.1, 0.15) is 21.7 Å². The minimum Gasteiger partial charge on any atom is -0.432 e. The third-order valence-electron chi connectivity index (χ3n) is 3.12. The van der Waals surface area contributed by atoms with E-state index in [1.165, 1.54) is 23.4 Å². The first-order valence-corrected chi connectivity index (χ1v) is 6.62. The number of nitrogens with one attached hydrogen (secondary N) is 1. The Hall–Kier alpha value is -2.96. The van der Waals surface area contributed by atoms with Gasteiger partial charge in [0.25, 0.3) is 5.91 Å². The Bertz CT molecular complexity index is 782. The molecule has 0 radical (unpaired) electrons. The van der Waals surface area contributed by atoms with Gasteiger partial charge in [0.05, 0.1) is 18.4 Å². The van der Waals surface area contributed by atoms with Gasteiger partial charge in [-0.2, -0.15) is 5.10 Å². The molecule has 0 aliphatic carbocycles. The summed E-state index contributed by atoms with van der Waals surface area (Å²) in [6.07, 6.45) is 2.78. The molecule has 0 bridgehead atoms. The molecule has 22 heavy (non-hydrogen) atoms. The van der Waals surface area contributed by atoms with Crippen molar-refractivity contribution in [3.05, 3.63) is 65.6 Å². The molecule has 1 N–H and O–H groups in total. The van der Waals surface area contributed by atoms with Gasteiger partial charge in [-0.3, -0.25) is 14.8 Å². The van der Waals surface area contributed by atoms with Crippen molar-refractivity contribution in [1.29, 1.82) is 0 Å². The molecular weight excluding hydrogens is 287 g/mol.